The Labute approximate surface area is 81.3 Å². The Morgan fingerprint density at radius 2 is 2.00 bits per heavy atom. The number of carbonyl (C=O) groups is 2. The molecule has 0 saturated carbocycles. The molecular formula is C6H12N2O5S. The smallest absolute Gasteiger partial charge is 0.322 e. The molecule has 1 amide bonds. The first kappa shape index (κ1) is 12.8. The highest BCUT2D eigenvalue weighted by Crippen LogP contribution is 1.95. The summed E-state index contributed by atoms with van der Waals surface area (Å²) in [4.78, 5) is 20.9. The van der Waals surface area contributed by atoms with Crippen LogP contribution >= 0.6 is 0 Å². The summed E-state index contributed by atoms with van der Waals surface area (Å²) in [6.45, 7) is 1.35. The normalized spacial score (nSPS) is 13.5. The van der Waals surface area contributed by atoms with Gasteiger partial charge < -0.3 is 10.8 Å². The molecule has 4 N–H and O–H groups in total. The maximum atomic E-state index is 11.0. The van der Waals surface area contributed by atoms with E-state index in [1.54, 1.807) is 0 Å². The van der Waals surface area contributed by atoms with Crippen LogP contribution in [0.2, 0.25) is 0 Å². The van der Waals surface area contributed by atoms with Gasteiger partial charge in [-0.3, -0.25) is 9.59 Å². The summed E-state index contributed by atoms with van der Waals surface area (Å²) in [5, 5.41) is 8.55. The van der Waals surface area contributed by atoms with Gasteiger partial charge in [0.25, 0.3) is 0 Å². The molecule has 0 aliphatic carbocycles. The first-order valence-corrected chi connectivity index (χ1v) is 5.45. The third-order valence-corrected chi connectivity index (χ3v) is 2.81. The van der Waals surface area contributed by atoms with E-state index in [1.807, 2.05) is 4.72 Å². The van der Waals surface area contributed by atoms with Gasteiger partial charge in [0.1, 0.15) is 6.04 Å². The number of carboxylic acid groups (broad SMARTS) is 1. The monoisotopic (exact) mass is 224 g/mol. The van der Waals surface area contributed by atoms with Gasteiger partial charge in [-0.15, -0.1) is 0 Å². The van der Waals surface area contributed by atoms with Crippen molar-refractivity contribution in [2.24, 2.45) is 5.73 Å². The average Bonchev–Trinajstić information content (AvgIpc) is 2.02. The van der Waals surface area contributed by atoms with Crippen LogP contribution in [-0.4, -0.2) is 37.2 Å². The molecule has 0 fully saturated rings. The van der Waals surface area contributed by atoms with Gasteiger partial charge >= 0.3 is 5.97 Å². The quantitative estimate of drug-likeness (QED) is 0.493. The van der Waals surface area contributed by atoms with Gasteiger partial charge in [-0.1, -0.05) is 0 Å². The lowest BCUT2D eigenvalue weighted by atomic mass is 10.2. The lowest BCUT2D eigenvalue weighted by Gasteiger charge is -2.11. The molecule has 8 heteroatoms. The molecule has 0 spiro atoms. The molecule has 0 unspecified atom stereocenters. The predicted molar refractivity (Wildman–Crippen MR) is 47.8 cm³/mol. The largest absolute Gasteiger partial charge is 0.480 e. The number of carboxylic acids is 1. The van der Waals surface area contributed by atoms with Gasteiger partial charge in [0.15, 0.2) is 0 Å². The van der Waals surface area contributed by atoms with Crippen LogP contribution in [0.4, 0.5) is 0 Å². The number of nitrogens with two attached hydrogens (primary N) is 1. The van der Waals surface area contributed by atoms with E-state index < -0.39 is 34.4 Å². The van der Waals surface area contributed by atoms with Crippen LogP contribution in [-0.2, 0) is 19.6 Å². The van der Waals surface area contributed by atoms with Gasteiger partial charge in [0.05, 0.1) is 12.2 Å². The molecule has 82 valence electrons. The van der Waals surface area contributed by atoms with Crippen LogP contribution in [0.5, 0.6) is 0 Å². The van der Waals surface area contributed by atoms with Crippen LogP contribution in [0.25, 0.3) is 0 Å². The second-order valence-electron chi connectivity index (χ2n) is 2.58. The minimum absolute atomic E-state index is 0.254. The van der Waals surface area contributed by atoms with Crippen LogP contribution in [0.3, 0.4) is 0 Å². The van der Waals surface area contributed by atoms with Crippen molar-refractivity contribution < 1.29 is 23.1 Å². The fourth-order valence-electron chi connectivity index (χ4n) is 0.681. The van der Waals surface area contributed by atoms with Crippen LogP contribution in [0, 0.1) is 0 Å². The fraction of sp³-hybridized carbons (Fsp3) is 0.667. The van der Waals surface area contributed by atoms with Crippen molar-refractivity contribution >= 4 is 21.9 Å². The number of carbonyl (C=O) groups excluding carboxylic acids is 1. The van der Waals surface area contributed by atoms with E-state index in [9.17, 15) is 18.0 Å². The Balaban J connectivity index is 4.54. The van der Waals surface area contributed by atoms with E-state index >= 15 is 0 Å². The summed E-state index contributed by atoms with van der Waals surface area (Å²) < 4.78 is 23.8. The van der Waals surface area contributed by atoms with Crippen molar-refractivity contribution in [1.29, 1.82) is 0 Å². The summed E-state index contributed by atoms with van der Waals surface area (Å²) >= 11 is 0. The van der Waals surface area contributed by atoms with Gasteiger partial charge in [-0.05, 0) is 6.92 Å². The predicted octanol–water partition coefficient (Wildman–Crippen LogP) is -1.75. The van der Waals surface area contributed by atoms with E-state index in [0.29, 0.717) is 0 Å². The molecule has 0 bridgehead atoms. The highest BCUT2D eigenvalue weighted by Gasteiger charge is 2.24. The van der Waals surface area contributed by atoms with Crippen LogP contribution < -0.4 is 10.5 Å². The van der Waals surface area contributed by atoms with Gasteiger partial charge in [0, 0.05) is 0 Å². The van der Waals surface area contributed by atoms with Crippen molar-refractivity contribution in [3.8, 4) is 0 Å². The standard InChI is InChI=1S/C6H12N2O5S/c1-2-14(12,13)8-4(6(10)11)3-5(7)9/h4,8H,2-3H2,1H3,(H2,7,9)(H,10,11)/t4-/m0/s1. The van der Waals surface area contributed by atoms with E-state index in [2.05, 4.69) is 0 Å². The van der Waals surface area contributed by atoms with Crippen molar-refractivity contribution in [2.45, 2.75) is 19.4 Å². The molecule has 0 rings (SSSR count). The van der Waals surface area contributed by atoms with Gasteiger partial charge in [-0.25, -0.2) is 13.1 Å². The fourth-order valence-corrected chi connectivity index (χ4v) is 1.46. The lowest BCUT2D eigenvalue weighted by Crippen LogP contribution is -2.43. The number of rotatable bonds is 6. The minimum Gasteiger partial charge on any atom is -0.480 e. The van der Waals surface area contributed by atoms with E-state index in [4.69, 9.17) is 10.8 Å². The highest BCUT2D eigenvalue weighted by molar-refractivity contribution is 7.89. The number of sulfonamides is 1. The second-order valence-corrected chi connectivity index (χ2v) is 4.63. The number of hydrogen-bond donors (Lipinski definition) is 3. The first-order chi connectivity index (χ1) is 6.28. The Bertz CT molecular complexity index is 323. The van der Waals surface area contributed by atoms with Crippen molar-refractivity contribution in [1.82, 2.24) is 4.72 Å². The van der Waals surface area contributed by atoms with Crippen LogP contribution in [0.1, 0.15) is 13.3 Å². The SMILES string of the molecule is CCS(=O)(=O)N[C@@H](CC(N)=O)C(=O)O. The number of hydrogen-bond acceptors (Lipinski definition) is 4. The summed E-state index contributed by atoms with van der Waals surface area (Å²) in [5.41, 5.74) is 4.75. The summed E-state index contributed by atoms with van der Waals surface area (Å²) in [6.07, 6.45) is -0.561. The van der Waals surface area contributed by atoms with Gasteiger partial charge in [-0.2, -0.15) is 0 Å². The molecule has 0 aliphatic heterocycles. The molecule has 0 aromatic rings. The molecule has 0 aromatic carbocycles. The Hall–Kier alpha value is -1.15. The van der Waals surface area contributed by atoms with E-state index in [0.717, 1.165) is 0 Å². The third kappa shape index (κ3) is 4.77. The second kappa shape index (κ2) is 4.91. The third-order valence-electron chi connectivity index (χ3n) is 1.41. The molecule has 0 saturated heterocycles. The maximum Gasteiger partial charge on any atom is 0.322 e. The Morgan fingerprint density at radius 1 is 1.50 bits per heavy atom. The topological polar surface area (TPSA) is 127 Å². The molecule has 14 heavy (non-hydrogen) atoms. The molecule has 0 heterocycles. The molecule has 7 nitrogen and oxygen atoms in total. The Kier molecular flexibility index (Phi) is 4.51. The van der Waals surface area contributed by atoms with Crippen molar-refractivity contribution in [2.75, 3.05) is 5.75 Å². The summed E-state index contributed by atoms with van der Waals surface area (Å²) in [6, 6.07) is -1.49. The summed E-state index contributed by atoms with van der Waals surface area (Å²) in [5.74, 6) is -2.56. The summed E-state index contributed by atoms with van der Waals surface area (Å²) in [7, 11) is -3.65. The van der Waals surface area contributed by atoms with E-state index in [-0.39, 0.29) is 5.75 Å². The number of aliphatic carboxylic acids is 1. The molecule has 0 aromatic heterocycles. The van der Waals surface area contributed by atoms with Crippen molar-refractivity contribution in [3.05, 3.63) is 0 Å². The molecule has 0 aliphatic rings. The van der Waals surface area contributed by atoms with Crippen LogP contribution in [0.15, 0.2) is 0 Å². The zero-order chi connectivity index (χ0) is 11.4. The Morgan fingerprint density at radius 3 is 2.29 bits per heavy atom. The minimum atomic E-state index is -3.65. The molecule has 1 atom stereocenters. The van der Waals surface area contributed by atoms with Gasteiger partial charge in [0.2, 0.25) is 15.9 Å². The number of primary amides is 1. The number of amides is 1. The maximum absolute atomic E-state index is 11.0. The molecule has 0 radical (unpaired) electrons. The zero-order valence-corrected chi connectivity index (χ0v) is 8.37. The first-order valence-electron chi connectivity index (χ1n) is 3.79. The van der Waals surface area contributed by atoms with E-state index in [1.165, 1.54) is 6.92 Å². The van der Waals surface area contributed by atoms with Crippen molar-refractivity contribution in [3.63, 3.8) is 0 Å². The molecular weight excluding hydrogens is 212 g/mol. The average molecular weight is 224 g/mol. The zero-order valence-electron chi connectivity index (χ0n) is 7.56. The number of nitrogens with one attached hydrogen (secondary N) is 1. The lowest BCUT2D eigenvalue weighted by molar-refractivity contribution is -0.140. The highest BCUT2D eigenvalue weighted by atomic mass is 32.2.